The Kier molecular flexibility index (Phi) is 4.93. The quantitative estimate of drug-likeness (QED) is 0.564. The van der Waals surface area contributed by atoms with Gasteiger partial charge in [0, 0.05) is 30.2 Å². The van der Waals surface area contributed by atoms with Crippen LogP contribution in [0.1, 0.15) is 12.0 Å². The molecule has 118 valence electrons. The Hall–Kier alpha value is -1.92. The van der Waals surface area contributed by atoms with Crippen molar-refractivity contribution in [2.45, 2.75) is 18.4 Å². The molecule has 4 nitrogen and oxygen atoms in total. The highest BCUT2D eigenvalue weighted by Crippen LogP contribution is 2.37. The first-order valence-corrected chi connectivity index (χ1v) is 9.18. The predicted molar refractivity (Wildman–Crippen MR) is 97.0 cm³/mol. The lowest BCUT2D eigenvalue weighted by molar-refractivity contribution is -0.120. The largest absolute Gasteiger partial charge is 0.359 e. The number of fused-ring (bicyclic) bond motifs is 1. The van der Waals surface area contributed by atoms with Gasteiger partial charge < -0.3 is 5.32 Å². The predicted octanol–water partition coefficient (Wildman–Crippen LogP) is 3.89. The molecule has 2 aromatic heterocycles. The smallest absolute Gasteiger partial charge is 0.220 e. The number of aryl methyl sites for hydroxylation is 1. The number of thioether (sulfide) groups is 1. The van der Waals surface area contributed by atoms with Crippen LogP contribution in [-0.2, 0) is 4.79 Å². The van der Waals surface area contributed by atoms with Gasteiger partial charge in [0.1, 0.15) is 16.2 Å². The molecule has 0 saturated carbocycles. The van der Waals surface area contributed by atoms with Crippen LogP contribution < -0.4 is 5.32 Å². The first-order valence-electron chi connectivity index (χ1n) is 7.31. The maximum absolute atomic E-state index is 11.4. The van der Waals surface area contributed by atoms with E-state index in [0.29, 0.717) is 12.2 Å². The standard InChI is InChI=1S/C17H17N3OS2/c1-11-3-5-12(6-4-11)13-9-23-17-15(13)16(19-10-20-17)22-8-7-14(21)18-2/h3-6,9-10H,7-8H2,1-2H3,(H,18,21). The number of benzene rings is 1. The minimum absolute atomic E-state index is 0.0480. The molecule has 23 heavy (non-hydrogen) atoms. The van der Waals surface area contributed by atoms with Gasteiger partial charge in [-0.25, -0.2) is 9.97 Å². The molecule has 0 spiro atoms. The first kappa shape index (κ1) is 16.0. The SMILES string of the molecule is CNC(=O)CCSc1ncnc2scc(-c3ccc(C)cc3)c12. The number of rotatable bonds is 5. The Morgan fingerprint density at radius 1 is 1.26 bits per heavy atom. The topological polar surface area (TPSA) is 54.9 Å². The molecule has 6 heteroatoms. The Balaban J connectivity index is 1.94. The van der Waals surface area contributed by atoms with E-state index >= 15 is 0 Å². The van der Waals surface area contributed by atoms with Crippen LogP contribution >= 0.6 is 23.1 Å². The molecule has 1 amide bonds. The van der Waals surface area contributed by atoms with Crippen LogP contribution in [0, 0.1) is 6.92 Å². The number of nitrogens with zero attached hydrogens (tertiary/aromatic N) is 2. The summed E-state index contributed by atoms with van der Waals surface area (Å²) in [5.41, 5.74) is 3.57. The average molecular weight is 343 g/mol. The second-order valence-electron chi connectivity index (χ2n) is 5.15. The molecule has 3 aromatic rings. The van der Waals surface area contributed by atoms with Crippen molar-refractivity contribution in [3.05, 3.63) is 41.5 Å². The van der Waals surface area contributed by atoms with Crippen molar-refractivity contribution in [1.29, 1.82) is 0 Å². The van der Waals surface area contributed by atoms with Gasteiger partial charge in [0.15, 0.2) is 0 Å². The molecule has 0 fully saturated rings. The Bertz CT molecular complexity index is 827. The normalized spacial score (nSPS) is 10.9. The van der Waals surface area contributed by atoms with E-state index in [9.17, 15) is 4.79 Å². The second-order valence-corrected chi connectivity index (χ2v) is 7.09. The Morgan fingerprint density at radius 3 is 2.78 bits per heavy atom. The van der Waals surface area contributed by atoms with E-state index in [4.69, 9.17) is 0 Å². The minimum Gasteiger partial charge on any atom is -0.359 e. The summed E-state index contributed by atoms with van der Waals surface area (Å²) < 4.78 is 0. The highest BCUT2D eigenvalue weighted by molar-refractivity contribution is 7.99. The summed E-state index contributed by atoms with van der Waals surface area (Å²) in [6.07, 6.45) is 2.08. The third kappa shape index (κ3) is 3.54. The van der Waals surface area contributed by atoms with Gasteiger partial charge in [0.05, 0.1) is 5.39 Å². The molecule has 0 aliphatic rings. The molecular formula is C17H17N3OS2. The highest BCUT2D eigenvalue weighted by atomic mass is 32.2. The lowest BCUT2D eigenvalue weighted by Gasteiger charge is -2.05. The fourth-order valence-electron chi connectivity index (χ4n) is 2.27. The fraction of sp³-hybridized carbons (Fsp3) is 0.235. The zero-order valence-electron chi connectivity index (χ0n) is 13.0. The van der Waals surface area contributed by atoms with Crippen molar-refractivity contribution < 1.29 is 4.79 Å². The van der Waals surface area contributed by atoms with Crippen LogP contribution in [0.15, 0.2) is 41.0 Å². The van der Waals surface area contributed by atoms with Crippen molar-refractivity contribution in [3.8, 4) is 11.1 Å². The van der Waals surface area contributed by atoms with Gasteiger partial charge in [-0.3, -0.25) is 4.79 Å². The van der Waals surface area contributed by atoms with Gasteiger partial charge in [0.25, 0.3) is 0 Å². The summed E-state index contributed by atoms with van der Waals surface area (Å²) in [6, 6.07) is 8.48. The van der Waals surface area contributed by atoms with Crippen LogP contribution in [0.3, 0.4) is 0 Å². The number of carbonyl (C=O) groups is 1. The van der Waals surface area contributed by atoms with Gasteiger partial charge in [-0.15, -0.1) is 23.1 Å². The van der Waals surface area contributed by atoms with Gasteiger partial charge in [-0.1, -0.05) is 29.8 Å². The molecule has 0 saturated heterocycles. The molecule has 0 aliphatic heterocycles. The van der Waals surface area contributed by atoms with Gasteiger partial charge in [0.2, 0.25) is 5.91 Å². The molecule has 0 radical (unpaired) electrons. The molecule has 3 rings (SSSR count). The van der Waals surface area contributed by atoms with Crippen molar-refractivity contribution in [3.63, 3.8) is 0 Å². The molecule has 2 heterocycles. The summed E-state index contributed by atoms with van der Waals surface area (Å²) in [5, 5.41) is 6.80. The Labute approximate surface area is 143 Å². The average Bonchev–Trinajstić information content (AvgIpc) is 3.00. The molecule has 0 unspecified atom stereocenters. The zero-order valence-corrected chi connectivity index (χ0v) is 14.6. The van der Waals surface area contributed by atoms with Crippen LogP contribution in [0.25, 0.3) is 21.3 Å². The number of hydrogen-bond donors (Lipinski definition) is 1. The third-order valence-corrected chi connectivity index (χ3v) is 5.42. The molecule has 1 N–H and O–H groups in total. The van der Waals surface area contributed by atoms with E-state index in [1.807, 2.05) is 0 Å². The molecule has 0 atom stereocenters. The number of aromatic nitrogens is 2. The van der Waals surface area contributed by atoms with E-state index in [1.165, 1.54) is 11.1 Å². The summed E-state index contributed by atoms with van der Waals surface area (Å²) in [4.78, 5) is 21.2. The number of nitrogens with one attached hydrogen (secondary N) is 1. The number of thiophene rings is 1. The third-order valence-electron chi connectivity index (χ3n) is 3.54. The van der Waals surface area contributed by atoms with Crippen molar-refractivity contribution in [2.24, 2.45) is 0 Å². The van der Waals surface area contributed by atoms with Crippen LogP contribution in [0.4, 0.5) is 0 Å². The van der Waals surface area contributed by atoms with Gasteiger partial charge >= 0.3 is 0 Å². The minimum atomic E-state index is 0.0480. The van der Waals surface area contributed by atoms with E-state index < -0.39 is 0 Å². The molecule has 0 bridgehead atoms. The summed E-state index contributed by atoms with van der Waals surface area (Å²) in [6.45, 7) is 2.08. The number of carbonyl (C=O) groups excluding carboxylic acids is 1. The molecule has 0 aliphatic carbocycles. The fourth-order valence-corrected chi connectivity index (χ4v) is 4.20. The van der Waals surface area contributed by atoms with Crippen LogP contribution in [0.5, 0.6) is 0 Å². The number of hydrogen-bond acceptors (Lipinski definition) is 5. The van der Waals surface area contributed by atoms with E-state index in [1.54, 1.807) is 36.5 Å². The van der Waals surface area contributed by atoms with Crippen molar-refractivity contribution in [1.82, 2.24) is 15.3 Å². The second kappa shape index (κ2) is 7.10. The lowest BCUT2D eigenvalue weighted by atomic mass is 10.1. The zero-order chi connectivity index (χ0) is 16.2. The van der Waals surface area contributed by atoms with Gasteiger partial charge in [-0.2, -0.15) is 0 Å². The lowest BCUT2D eigenvalue weighted by Crippen LogP contribution is -2.17. The van der Waals surface area contributed by atoms with E-state index in [0.717, 1.165) is 20.8 Å². The maximum Gasteiger partial charge on any atom is 0.220 e. The van der Waals surface area contributed by atoms with Crippen molar-refractivity contribution in [2.75, 3.05) is 12.8 Å². The van der Waals surface area contributed by atoms with E-state index in [-0.39, 0.29) is 5.91 Å². The van der Waals surface area contributed by atoms with Gasteiger partial charge in [-0.05, 0) is 12.5 Å². The first-order chi connectivity index (χ1) is 11.2. The maximum atomic E-state index is 11.4. The molecular weight excluding hydrogens is 326 g/mol. The molecule has 1 aromatic carbocycles. The monoisotopic (exact) mass is 343 g/mol. The summed E-state index contributed by atoms with van der Waals surface area (Å²) in [5.74, 6) is 0.751. The number of amides is 1. The highest BCUT2D eigenvalue weighted by Gasteiger charge is 2.13. The Morgan fingerprint density at radius 2 is 2.04 bits per heavy atom. The van der Waals surface area contributed by atoms with E-state index in [2.05, 4.69) is 51.9 Å². The summed E-state index contributed by atoms with van der Waals surface area (Å²) >= 11 is 3.23. The van der Waals surface area contributed by atoms with Crippen LogP contribution in [0.2, 0.25) is 0 Å². The van der Waals surface area contributed by atoms with Crippen molar-refractivity contribution >= 4 is 39.2 Å². The van der Waals surface area contributed by atoms with Crippen LogP contribution in [-0.4, -0.2) is 28.7 Å². The summed E-state index contributed by atoms with van der Waals surface area (Å²) in [7, 11) is 1.66.